The quantitative estimate of drug-likeness (QED) is 0.875. The number of nitrogens with zero attached hydrogens (tertiary/aromatic N) is 1. The van der Waals surface area contributed by atoms with Crippen LogP contribution in [0.1, 0.15) is 39.2 Å². The van der Waals surface area contributed by atoms with Gasteiger partial charge in [-0.05, 0) is 49.4 Å². The molecule has 0 saturated heterocycles. The first-order valence-electron chi connectivity index (χ1n) is 7.76. The fourth-order valence-corrected chi connectivity index (χ4v) is 3.14. The van der Waals surface area contributed by atoms with Gasteiger partial charge in [-0.15, -0.1) is 0 Å². The largest absolute Gasteiger partial charge is 0.312 e. The molecular weight excluding hydrogens is 300 g/mol. The van der Waals surface area contributed by atoms with Gasteiger partial charge in [-0.25, -0.2) is 8.42 Å². The van der Waals surface area contributed by atoms with Gasteiger partial charge >= 0.3 is 0 Å². The zero-order valence-electron chi connectivity index (χ0n) is 13.4. The molecule has 1 amide bonds. The highest BCUT2D eigenvalue weighted by molar-refractivity contribution is 7.92. The Labute approximate surface area is 132 Å². The lowest BCUT2D eigenvalue weighted by atomic mass is 9.99. The second kappa shape index (κ2) is 6.69. The molecule has 0 spiro atoms. The van der Waals surface area contributed by atoms with Crippen LogP contribution in [0.4, 0.5) is 11.4 Å². The van der Waals surface area contributed by atoms with Gasteiger partial charge in [0.1, 0.15) is 0 Å². The van der Waals surface area contributed by atoms with E-state index in [0.717, 1.165) is 17.7 Å². The number of fused-ring (bicyclic) bond motifs is 1. The monoisotopic (exact) mass is 324 g/mol. The molecule has 22 heavy (non-hydrogen) atoms. The highest BCUT2D eigenvalue weighted by atomic mass is 32.2. The van der Waals surface area contributed by atoms with Crippen LogP contribution in [0, 0.1) is 5.92 Å². The molecule has 0 fully saturated rings. The maximum atomic E-state index is 12.1. The van der Waals surface area contributed by atoms with Crippen molar-refractivity contribution in [2.75, 3.05) is 21.9 Å². The maximum absolute atomic E-state index is 12.1. The van der Waals surface area contributed by atoms with Gasteiger partial charge in [0.2, 0.25) is 15.9 Å². The Hall–Kier alpha value is -1.56. The number of rotatable bonds is 6. The molecule has 0 saturated carbocycles. The molecule has 1 heterocycles. The van der Waals surface area contributed by atoms with Crippen molar-refractivity contribution >= 4 is 27.3 Å². The van der Waals surface area contributed by atoms with Crippen LogP contribution in [0.15, 0.2) is 18.2 Å². The van der Waals surface area contributed by atoms with Crippen LogP contribution in [0.2, 0.25) is 0 Å². The molecular formula is C16H24N2O3S. The summed E-state index contributed by atoms with van der Waals surface area (Å²) in [6, 6.07) is 5.42. The van der Waals surface area contributed by atoms with E-state index in [0.29, 0.717) is 31.0 Å². The lowest BCUT2D eigenvalue weighted by molar-refractivity contribution is -0.118. The summed E-state index contributed by atoms with van der Waals surface area (Å²) in [5, 5.41) is 0. The standard InChI is InChI=1S/C16H24N2O3S/c1-4-22(20,21)17-14-6-7-15-13(11-14)5-8-16(19)18(15)10-9-12(2)3/h6-7,11-12,17H,4-5,8-10H2,1-3H3. The minimum absolute atomic E-state index is 0.0447. The van der Waals surface area contributed by atoms with Crippen LogP contribution in [0.25, 0.3) is 0 Å². The molecule has 2 rings (SSSR count). The number of nitrogens with one attached hydrogen (secondary N) is 1. The molecule has 1 aromatic rings. The van der Waals surface area contributed by atoms with Gasteiger partial charge in [-0.1, -0.05) is 13.8 Å². The molecule has 0 radical (unpaired) electrons. The highest BCUT2D eigenvalue weighted by Gasteiger charge is 2.24. The lowest BCUT2D eigenvalue weighted by Gasteiger charge is -2.30. The molecule has 1 aromatic carbocycles. The van der Waals surface area contributed by atoms with Crippen LogP contribution in [0.5, 0.6) is 0 Å². The second-order valence-electron chi connectivity index (χ2n) is 6.08. The Balaban J connectivity index is 2.24. The Morgan fingerprint density at radius 3 is 2.64 bits per heavy atom. The maximum Gasteiger partial charge on any atom is 0.232 e. The van der Waals surface area contributed by atoms with E-state index in [4.69, 9.17) is 0 Å². The molecule has 1 N–H and O–H groups in total. The number of amides is 1. The Morgan fingerprint density at radius 2 is 2.00 bits per heavy atom. The fourth-order valence-electron chi connectivity index (χ4n) is 2.51. The van der Waals surface area contributed by atoms with Gasteiger partial charge in [0.05, 0.1) is 5.75 Å². The van der Waals surface area contributed by atoms with Crippen molar-refractivity contribution in [2.45, 2.75) is 40.0 Å². The first-order chi connectivity index (χ1) is 10.3. The van der Waals surface area contributed by atoms with E-state index in [1.54, 1.807) is 13.0 Å². The van der Waals surface area contributed by atoms with E-state index >= 15 is 0 Å². The fraction of sp³-hybridized carbons (Fsp3) is 0.562. The molecule has 0 atom stereocenters. The highest BCUT2D eigenvalue weighted by Crippen LogP contribution is 2.31. The predicted octanol–water partition coefficient (Wildman–Crippen LogP) is 2.77. The smallest absolute Gasteiger partial charge is 0.232 e. The summed E-state index contributed by atoms with van der Waals surface area (Å²) in [6.45, 7) is 6.59. The van der Waals surface area contributed by atoms with E-state index in [9.17, 15) is 13.2 Å². The molecule has 0 aromatic heterocycles. The van der Waals surface area contributed by atoms with Gasteiger partial charge in [-0.3, -0.25) is 9.52 Å². The third kappa shape index (κ3) is 4.00. The Bertz CT molecular complexity index is 653. The normalized spacial score (nSPS) is 15.1. The third-order valence-electron chi connectivity index (χ3n) is 3.86. The summed E-state index contributed by atoms with van der Waals surface area (Å²) in [5.74, 6) is 0.729. The van der Waals surface area contributed by atoms with Crippen molar-refractivity contribution in [2.24, 2.45) is 5.92 Å². The van der Waals surface area contributed by atoms with Gasteiger partial charge in [0.25, 0.3) is 0 Å². The first-order valence-corrected chi connectivity index (χ1v) is 9.41. The number of benzene rings is 1. The number of carbonyl (C=O) groups excluding carboxylic acids is 1. The van der Waals surface area contributed by atoms with Gasteiger partial charge < -0.3 is 4.90 Å². The van der Waals surface area contributed by atoms with E-state index < -0.39 is 10.0 Å². The minimum Gasteiger partial charge on any atom is -0.312 e. The zero-order valence-corrected chi connectivity index (χ0v) is 14.2. The average molecular weight is 324 g/mol. The Kier molecular flexibility index (Phi) is 5.11. The molecule has 122 valence electrons. The van der Waals surface area contributed by atoms with Crippen LogP contribution in [-0.2, 0) is 21.2 Å². The molecule has 0 unspecified atom stereocenters. The van der Waals surface area contributed by atoms with Crippen LogP contribution >= 0.6 is 0 Å². The molecule has 0 bridgehead atoms. The number of hydrogen-bond donors (Lipinski definition) is 1. The van der Waals surface area contributed by atoms with E-state index in [2.05, 4.69) is 18.6 Å². The van der Waals surface area contributed by atoms with Crippen LogP contribution in [-0.4, -0.2) is 26.6 Å². The van der Waals surface area contributed by atoms with Gasteiger partial charge in [0, 0.05) is 24.3 Å². The average Bonchev–Trinajstić information content (AvgIpc) is 2.46. The summed E-state index contributed by atoms with van der Waals surface area (Å²) >= 11 is 0. The number of carbonyl (C=O) groups is 1. The molecule has 1 aliphatic rings. The van der Waals surface area contributed by atoms with E-state index in [1.807, 2.05) is 17.0 Å². The van der Waals surface area contributed by atoms with Crippen LogP contribution in [0.3, 0.4) is 0 Å². The number of sulfonamides is 1. The van der Waals surface area contributed by atoms with Gasteiger partial charge in [-0.2, -0.15) is 0 Å². The van der Waals surface area contributed by atoms with E-state index in [-0.39, 0.29) is 11.7 Å². The van der Waals surface area contributed by atoms with Crippen LogP contribution < -0.4 is 9.62 Å². The molecule has 6 heteroatoms. The number of hydrogen-bond acceptors (Lipinski definition) is 3. The lowest BCUT2D eigenvalue weighted by Crippen LogP contribution is -2.36. The van der Waals surface area contributed by atoms with Crippen molar-refractivity contribution in [3.8, 4) is 0 Å². The Morgan fingerprint density at radius 1 is 1.27 bits per heavy atom. The summed E-state index contributed by atoms with van der Waals surface area (Å²) in [6.07, 6.45) is 2.10. The summed E-state index contributed by atoms with van der Waals surface area (Å²) in [7, 11) is -3.28. The third-order valence-corrected chi connectivity index (χ3v) is 5.17. The first kappa shape index (κ1) is 16.8. The van der Waals surface area contributed by atoms with Crippen molar-refractivity contribution in [3.05, 3.63) is 23.8 Å². The second-order valence-corrected chi connectivity index (χ2v) is 8.09. The predicted molar refractivity (Wildman–Crippen MR) is 89.7 cm³/mol. The molecule has 5 nitrogen and oxygen atoms in total. The number of anilines is 2. The minimum atomic E-state index is -3.28. The number of aryl methyl sites for hydroxylation is 1. The summed E-state index contributed by atoms with van der Waals surface area (Å²) < 4.78 is 25.9. The summed E-state index contributed by atoms with van der Waals surface area (Å²) in [5.41, 5.74) is 2.51. The topological polar surface area (TPSA) is 66.5 Å². The molecule has 1 aliphatic heterocycles. The van der Waals surface area contributed by atoms with Crippen molar-refractivity contribution in [3.63, 3.8) is 0 Å². The van der Waals surface area contributed by atoms with E-state index in [1.165, 1.54) is 0 Å². The van der Waals surface area contributed by atoms with Crippen molar-refractivity contribution < 1.29 is 13.2 Å². The van der Waals surface area contributed by atoms with Crippen molar-refractivity contribution in [1.29, 1.82) is 0 Å². The van der Waals surface area contributed by atoms with Crippen molar-refractivity contribution in [1.82, 2.24) is 0 Å². The zero-order chi connectivity index (χ0) is 16.3. The summed E-state index contributed by atoms with van der Waals surface area (Å²) in [4.78, 5) is 14.0. The SMILES string of the molecule is CCS(=O)(=O)Nc1ccc2c(c1)CCC(=O)N2CCC(C)C. The van der Waals surface area contributed by atoms with Gasteiger partial charge in [0.15, 0.2) is 0 Å². The molecule has 0 aliphatic carbocycles.